The van der Waals surface area contributed by atoms with Gasteiger partial charge in [-0.3, -0.25) is 10.1 Å². The zero-order chi connectivity index (χ0) is 10.4. The average molecular weight is 186 g/mol. The molecule has 0 radical (unpaired) electrons. The minimum atomic E-state index is -0.410. The SMILES string of the molecule is CC(C)CNC(=O)NC(=O)C(C)C. The van der Waals surface area contributed by atoms with Crippen molar-refractivity contribution in [3.05, 3.63) is 0 Å². The summed E-state index contributed by atoms with van der Waals surface area (Å²) in [4.78, 5) is 22.0. The van der Waals surface area contributed by atoms with E-state index in [9.17, 15) is 9.59 Å². The van der Waals surface area contributed by atoms with Gasteiger partial charge in [-0.25, -0.2) is 4.79 Å². The number of imide groups is 1. The third kappa shape index (κ3) is 6.13. The Bertz CT molecular complexity index is 188. The van der Waals surface area contributed by atoms with Gasteiger partial charge >= 0.3 is 6.03 Å². The Morgan fingerprint density at radius 2 is 1.69 bits per heavy atom. The molecule has 0 aliphatic carbocycles. The zero-order valence-corrected chi connectivity index (χ0v) is 8.68. The average Bonchev–Trinajstić information content (AvgIpc) is 2.00. The van der Waals surface area contributed by atoms with E-state index >= 15 is 0 Å². The molecule has 0 aromatic carbocycles. The molecule has 0 aliphatic heterocycles. The predicted molar refractivity (Wildman–Crippen MR) is 51.2 cm³/mol. The van der Waals surface area contributed by atoms with Crippen LogP contribution in [-0.2, 0) is 4.79 Å². The monoisotopic (exact) mass is 186 g/mol. The highest BCUT2D eigenvalue weighted by molar-refractivity contribution is 5.95. The molecule has 3 amide bonds. The summed E-state index contributed by atoms with van der Waals surface area (Å²) in [5, 5.41) is 4.84. The first kappa shape index (κ1) is 11.9. The normalized spacial score (nSPS) is 10.3. The predicted octanol–water partition coefficient (Wildman–Crippen LogP) is 1.12. The molecule has 0 bridgehead atoms. The summed E-state index contributed by atoms with van der Waals surface area (Å²) in [6.07, 6.45) is 0. The van der Waals surface area contributed by atoms with Gasteiger partial charge in [-0.1, -0.05) is 27.7 Å². The van der Waals surface area contributed by atoms with Gasteiger partial charge < -0.3 is 5.32 Å². The van der Waals surface area contributed by atoms with E-state index in [0.717, 1.165) is 0 Å². The van der Waals surface area contributed by atoms with E-state index in [1.165, 1.54) is 0 Å². The van der Waals surface area contributed by atoms with Gasteiger partial charge in [0, 0.05) is 12.5 Å². The van der Waals surface area contributed by atoms with Crippen molar-refractivity contribution in [2.24, 2.45) is 11.8 Å². The van der Waals surface area contributed by atoms with Crippen LogP contribution in [0.1, 0.15) is 27.7 Å². The van der Waals surface area contributed by atoms with Crippen LogP contribution in [-0.4, -0.2) is 18.5 Å². The molecule has 2 N–H and O–H groups in total. The smallest absolute Gasteiger partial charge is 0.321 e. The van der Waals surface area contributed by atoms with Gasteiger partial charge in [0.25, 0.3) is 0 Å². The molecule has 0 aliphatic rings. The summed E-state index contributed by atoms with van der Waals surface area (Å²) in [7, 11) is 0. The molecule has 0 saturated heterocycles. The highest BCUT2D eigenvalue weighted by Crippen LogP contribution is 1.90. The van der Waals surface area contributed by atoms with Gasteiger partial charge in [-0.2, -0.15) is 0 Å². The first-order valence-corrected chi connectivity index (χ1v) is 4.52. The van der Waals surface area contributed by atoms with E-state index in [2.05, 4.69) is 10.6 Å². The third-order valence-corrected chi connectivity index (χ3v) is 1.43. The summed E-state index contributed by atoms with van der Waals surface area (Å²) in [6.45, 7) is 8.04. The van der Waals surface area contributed by atoms with Gasteiger partial charge in [-0.15, -0.1) is 0 Å². The lowest BCUT2D eigenvalue weighted by atomic mass is 10.2. The Kier molecular flexibility index (Phi) is 5.11. The number of hydrogen-bond acceptors (Lipinski definition) is 2. The zero-order valence-electron chi connectivity index (χ0n) is 8.68. The maximum atomic E-state index is 11.0. The minimum absolute atomic E-state index is 0.162. The molecule has 0 aromatic rings. The number of nitrogens with one attached hydrogen (secondary N) is 2. The molecular weight excluding hydrogens is 168 g/mol. The van der Waals surface area contributed by atoms with Crippen LogP contribution in [0.25, 0.3) is 0 Å². The lowest BCUT2D eigenvalue weighted by molar-refractivity contribution is -0.122. The van der Waals surface area contributed by atoms with Crippen LogP contribution < -0.4 is 10.6 Å². The molecule has 0 aromatic heterocycles. The van der Waals surface area contributed by atoms with E-state index in [0.29, 0.717) is 12.5 Å². The van der Waals surface area contributed by atoms with E-state index in [4.69, 9.17) is 0 Å². The van der Waals surface area contributed by atoms with Crippen LogP contribution in [0, 0.1) is 11.8 Å². The molecule has 0 heterocycles. The molecule has 0 atom stereocenters. The molecule has 0 spiro atoms. The second-order valence-corrected chi connectivity index (χ2v) is 3.75. The van der Waals surface area contributed by atoms with E-state index < -0.39 is 6.03 Å². The minimum Gasteiger partial charge on any atom is -0.338 e. The van der Waals surface area contributed by atoms with Crippen molar-refractivity contribution in [3.8, 4) is 0 Å². The summed E-state index contributed by atoms with van der Waals surface area (Å²) in [6, 6.07) is -0.410. The first-order chi connectivity index (χ1) is 5.93. The van der Waals surface area contributed by atoms with E-state index in [1.807, 2.05) is 13.8 Å². The van der Waals surface area contributed by atoms with Crippen LogP contribution in [0.3, 0.4) is 0 Å². The van der Waals surface area contributed by atoms with Gasteiger partial charge in [-0.05, 0) is 5.92 Å². The number of carbonyl (C=O) groups excluding carboxylic acids is 2. The summed E-state index contributed by atoms with van der Waals surface area (Å²) in [5.41, 5.74) is 0. The molecule has 4 heteroatoms. The number of carbonyl (C=O) groups is 2. The van der Waals surface area contributed by atoms with Crippen LogP contribution in [0.4, 0.5) is 4.79 Å². The summed E-state index contributed by atoms with van der Waals surface area (Å²) >= 11 is 0. The number of rotatable bonds is 3. The highest BCUT2D eigenvalue weighted by Gasteiger charge is 2.10. The Hall–Kier alpha value is -1.06. The highest BCUT2D eigenvalue weighted by atomic mass is 16.2. The standard InChI is InChI=1S/C9H18N2O2/c1-6(2)5-10-9(13)11-8(12)7(3)4/h6-7H,5H2,1-4H3,(H2,10,11,12,13). The van der Waals surface area contributed by atoms with Gasteiger partial charge in [0.1, 0.15) is 0 Å². The maximum absolute atomic E-state index is 11.0. The van der Waals surface area contributed by atoms with Gasteiger partial charge in [0.05, 0.1) is 0 Å². The van der Waals surface area contributed by atoms with Crippen LogP contribution in [0.15, 0.2) is 0 Å². The van der Waals surface area contributed by atoms with Crippen molar-refractivity contribution in [3.63, 3.8) is 0 Å². The molecular formula is C9H18N2O2. The van der Waals surface area contributed by atoms with Crippen molar-refractivity contribution in [2.45, 2.75) is 27.7 Å². The maximum Gasteiger partial charge on any atom is 0.321 e. The topological polar surface area (TPSA) is 58.2 Å². The fourth-order valence-corrected chi connectivity index (χ4v) is 0.597. The molecule has 76 valence electrons. The van der Waals surface area contributed by atoms with Crippen molar-refractivity contribution in [1.29, 1.82) is 0 Å². The second-order valence-electron chi connectivity index (χ2n) is 3.75. The lowest BCUT2D eigenvalue weighted by Gasteiger charge is -2.09. The fraction of sp³-hybridized carbons (Fsp3) is 0.778. The molecule has 0 unspecified atom stereocenters. The molecule has 0 fully saturated rings. The molecule has 0 rings (SSSR count). The summed E-state index contributed by atoms with van der Waals surface area (Å²) in [5.74, 6) is -0.0223. The van der Waals surface area contributed by atoms with Crippen LogP contribution in [0.2, 0.25) is 0 Å². The number of urea groups is 1. The van der Waals surface area contributed by atoms with Gasteiger partial charge in [0.2, 0.25) is 5.91 Å². The van der Waals surface area contributed by atoms with Crippen molar-refractivity contribution < 1.29 is 9.59 Å². The second kappa shape index (κ2) is 5.56. The van der Waals surface area contributed by atoms with E-state index in [1.54, 1.807) is 13.8 Å². The van der Waals surface area contributed by atoms with Crippen molar-refractivity contribution in [2.75, 3.05) is 6.54 Å². The van der Waals surface area contributed by atoms with Gasteiger partial charge in [0.15, 0.2) is 0 Å². The van der Waals surface area contributed by atoms with Crippen LogP contribution >= 0.6 is 0 Å². The molecule has 0 saturated carbocycles. The van der Waals surface area contributed by atoms with Crippen molar-refractivity contribution in [1.82, 2.24) is 10.6 Å². The number of amides is 3. The third-order valence-electron chi connectivity index (χ3n) is 1.43. The Balaban J connectivity index is 3.69. The quantitative estimate of drug-likeness (QED) is 0.694. The summed E-state index contributed by atoms with van der Waals surface area (Å²) < 4.78 is 0. The number of hydrogen-bond donors (Lipinski definition) is 2. The van der Waals surface area contributed by atoms with E-state index in [-0.39, 0.29) is 11.8 Å². The van der Waals surface area contributed by atoms with Crippen LogP contribution in [0.5, 0.6) is 0 Å². The molecule has 4 nitrogen and oxygen atoms in total. The largest absolute Gasteiger partial charge is 0.338 e. The Morgan fingerprint density at radius 3 is 2.08 bits per heavy atom. The van der Waals surface area contributed by atoms with Crippen molar-refractivity contribution >= 4 is 11.9 Å². The Labute approximate surface area is 79.1 Å². The first-order valence-electron chi connectivity index (χ1n) is 4.52. The Morgan fingerprint density at radius 1 is 1.15 bits per heavy atom. The fourth-order valence-electron chi connectivity index (χ4n) is 0.597. The molecule has 13 heavy (non-hydrogen) atoms. The lowest BCUT2D eigenvalue weighted by Crippen LogP contribution is -2.42.